The van der Waals surface area contributed by atoms with Gasteiger partial charge < -0.3 is 14.2 Å². The van der Waals surface area contributed by atoms with Crippen LogP contribution in [0.5, 0.6) is 0 Å². The molecule has 6 unspecified atom stereocenters. The van der Waals surface area contributed by atoms with Gasteiger partial charge in [-0.15, -0.1) is 0 Å². The molecule has 7 nitrogen and oxygen atoms in total. The zero-order valence-corrected chi connectivity index (χ0v) is 16.4. The van der Waals surface area contributed by atoms with E-state index < -0.39 is 28.1 Å². The number of rotatable bonds is 7. The van der Waals surface area contributed by atoms with E-state index >= 15 is 0 Å². The Hall–Kier alpha value is -0.510. The highest BCUT2D eigenvalue weighted by Gasteiger charge is 2.72. The van der Waals surface area contributed by atoms with Crippen LogP contribution in [0.15, 0.2) is 11.6 Å². The van der Waals surface area contributed by atoms with E-state index in [0.29, 0.717) is 13.0 Å². The van der Waals surface area contributed by atoms with Crippen LogP contribution in [0.2, 0.25) is 0 Å². The van der Waals surface area contributed by atoms with E-state index in [1.807, 2.05) is 0 Å². The van der Waals surface area contributed by atoms with Crippen LogP contribution < -0.4 is 4.72 Å². The van der Waals surface area contributed by atoms with Crippen LogP contribution in [-0.4, -0.2) is 58.7 Å². The average molecular weight is 375 g/mol. The first-order valence-corrected chi connectivity index (χ1v) is 10.2. The van der Waals surface area contributed by atoms with Crippen molar-refractivity contribution in [3.8, 4) is 0 Å². The molecule has 0 aromatic carbocycles. The van der Waals surface area contributed by atoms with Gasteiger partial charge in [0.15, 0.2) is 0 Å². The summed E-state index contributed by atoms with van der Waals surface area (Å²) < 4.78 is 48.9. The Morgan fingerprint density at radius 1 is 1.40 bits per heavy atom. The summed E-state index contributed by atoms with van der Waals surface area (Å²) in [4.78, 5) is 0. The fourth-order valence-electron chi connectivity index (χ4n) is 4.26. The van der Waals surface area contributed by atoms with E-state index in [9.17, 15) is 8.42 Å². The maximum atomic E-state index is 11.9. The molecule has 3 rings (SSSR count). The van der Waals surface area contributed by atoms with Gasteiger partial charge in [0, 0.05) is 14.2 Å². The van der Waals surface area contributed by atoms with Crippen molar-refractivity contribution in [1.82, 2.24) is 4.72 Å². The van der Waals surface area contributed by atoms with Gasteiger partial charge in [-0.05, 0) is 40.0 Å². The number of nitrogens with one attached hydrogen (secondary N) is 1. The van der Waals surface area contributed by atoms with E-state index in [0.717, 1.165) is 12.8 Å². The molecule has 0 aromatic heterocycles. The molecule has 6 atom stereocenters. The van der Waals surface area contributed by atoms with Crippen LogP contribution in [0.3, 0.4) is 0 Å². The number of ether oxygens (including phenoxy) is 3. The van der Waals surface area contributed by atoms with Gasteiger partial charge in [0.1, 0.15) is 11.7 Å². The molecule has 0 amide bonds. The Kier molecular flexibility index (Phi) is 5.07. The lowest BCUT2D eigenvalue weighted by molar-refractivity contribution is -0.106. The zero-order chi connectivity index (χ0) is 18.5. The van der Waals surface area contributed by atoms with Crippen molar-refractivity contribution in [3.05, 3.63) is 11.6 Å². The minimum absolute atomic E-state index is 0.0635. The van der Waals surface area contributed by atoms with Gasteiger partial charge in [-0.25, -0.2) is 0 Å². The highest BCUT2D eigenvalue weighted by Crippen LogP contribution is 2.59. The first kappa shape index (κ1) is 19.3. The van der Waals surface area contributed by atoms with Crippen LogP contribution in [0.4, 0.5) is 0 Å². The Labute approximate surface area is 150 Å². The first-order valence-electron chi connectivity index (χ1n) is 8.77. The Balaban J connectivity index is 1.81. The maximum absolute atomic E-state index is 11.9. The number of methoxy groups -OCH3 is 1. The van der Waals surface area contributed by atoms with Crippen LogP contribution in [0.25, 0.3) is 0 Å². The third-order valence-corrected chi connectivity index (χ3v) is 6.74. The first-order chi connectivity index (χ1) is 11.7. The van der Waals surface area contributed by atoms with Gasteiger partial charge in [-0.1, -0.05) is 11.6 Å². The number of hydrogen-bond acceptors (Lipinski definition) is 6. The van der Waals surface area contributed by atoms with Gasteiger partial charge in [0.25, 0.3) is 0 Å². The van der Waals surface area contributed by atoms with Crippen molar-refractivity contribution in [2.75, 3.05) is 20.8 Å². The lowest BCUT2D eigenvalue weighted by Gasteiger charge is -2.42. The predicted molar refractivity (Wildman–Crippen MR) is 92.4 cm³/mol. The molecule has 1 N–H and O–H groups in total. The van der Waals surface area contributed by atoms with Crippen LogP contribution in [0.1, 0.15) is 40.0 Å². The minimum Gasteiger partial charge on any atom is -0.378 e. The smallest absolute Gasteiger partial charge is 0.335 e. The quantitative estimate of drug-likeness (QED) is 0.536. The fourth-order valence-corrected chi connectivity index (χ4v) is 4.89. The fraction of sp³-hybridized carbons (Fsp3) is 0.882. The van der Waals surface area contributed by atoms with E-state index in [1.54, 1.807) is 7.11 Å². The standard InChI is InChI=1S/C17H29NO6S/c1-11(2)6-7-13-16(3,23-13)15-14(21-5)12(24-25(19,20)18-4)8-9-17(15)10-22-17/h6,12-15,18H,7-10H2,1-5H3. The van der Waals surface area contributed by atoms with Crippen LogP contribution in [-0.2, 0) is 28.7 Å². The summed E-state index contributed by atoms with van der Waals surface area (Å²) in [6.45, 7) is 6.87. The molecule has 8 heteroatoms. The second kappa shape index (κ2) is 6.58. The summed E-state index contributed by atoms with van der Waals surface area (Å²) in [5.74, 6) is -0.0635. The second-order valence-corrected chi connectivity index (χ2v) is 9.18. The molecule has 2 saturated heterocycles. The maximum Gasteiger partial charge on any atom is 0.335 e. The summed E-state index contributed by atoms with van der Waals surface area (Å²) in [5, 5.41) is 0. The zero-order valence-electron chi connectivity index (χ0n) is 15.6. The van der Waals surface area contributed by atoms with Crippen molar-refractivity contribution in [2.24, 2.45) is 5.92 Å². The molecular formula is C17H29NO6S. The molecule has 1 aliphatic carbocycles. The Bertz CT molecular complexity index is 640. The second-order valence-electron chi connectivity index (χ2n) is 7.67. The highest BCUT2D eigenvalue weighted by molar-refractivity contribution is 7.84. The van der Waals surface area contributed by atoms with Crippen molar-refractivity contribution < 1.29 is 26.8 Å². The molecular weight excluding hydrogens is 346 g/mol. The Morgan fingerprint density at radius 2 is 2.08 bits per heavy atom. The largest absolute Gasteiger partial charge is 0.378 e. The topological polar surface area (TPSA) is 89.7 Å². The van der Waals surface area contributed by atoms with E-state index in [-0.39, 0.29) is 17.6 Å². The number of allylic oxidation sites excluding steroid dienone is 1. The van der Waals surface area contributed by atoms with Crippen molar-refractivity contribution in [3.63, 3.8) is 0 Å². The molecule has 2 heterocycles. The third kappa shape index (κ3) is 3.65. The molecule has 2 aliphatic heterocycles. The molecule has 3 fully saturated rings. The van der Waals surface area contributed by atoms with Crippen molar-refractivity contribution in [2.45, 2.75) is 69.5 Å². The molecule has 1 spiro atoms. The molecule has 3 aliphatic rings. The van der Waals surface area contributed by atoms with Crippen LogP contribution >= 0.6 is 0 Å². The van der Waals surface area contributed by atoms with Crippen LogP contribution in [0, 0.1) is 5.92 Å². The molecule has 25 heavy (non-hydrogen) atoms. The molecule has 0 radical (unpaired) electrons. The SMILES string of the molecule is CNS(=O)(=O)OC1CCC2(CO2)C(C2(C)OC2CC=C(C)C)C1OC. The van der Waals surface area contributed by atoms with Gasteiger partial charge in [-0.3, -0.25) is 4.18 Å². The molecule has 1 saturated carbocycles. The number of epoxide rings is 2. The summed E-state index contributed by atoms with van der Waals surface area (Å²) in [5.41, 5.74) is 0.580. The normalized spacial score (nSPS) is 43.1. The summed E-state index contributed by atoms with van der Waals surface area (Å²) >= 11 is 0. The summed E-state index contributed by atoms with van der Waals surface area (Å²) in [6, 6.07) is 0. The van der Waals surface area contributed by atoms with Crippen molar-refractivity contribution in [1.29, 1.82) is 0 Å². The molecule has 144 valence electrons. The average Bonchev–Trinajstić information content (AvgIpc) is 3.45. The highest BCUT2D eigenvalue weighted by atomic mass is 32.2. The lowest BCUT2D eigenvalue weighted by Crippen LogP contribution is -2.56. The van der Waals surface area contributed by atoms with E-state index in [1.165, 1.54) is 12.6 Å². The van der Waals surface area contributed by atoms with Gasteiger partial charge in [0.2, 0.25) is 0 Å². The van der Waals surface area contributed by atoms with Crippen molar-refractivity contribution >= 4 is 10.3 Å². The molecule has 0 aromatic rings. The molecule has 0 bridgehead atoms. The lowest BCUT2D eigenvalue weighted by atomic mass is 9.68. The van der Waals surface area contributed by atoms with E-state index in [4.69, 9.17) is 18.4 Å². The monoisotopic (exact) mass is 375 g/mol. The van der Waals surface area contributed by atoms with E-state index in [2.05, 4.69) is 31.6 Å². The predicted octanol–water partition coefficient (Wildman–Crippen LogP) is 1.54. The van der Waals surface area contributed by atoms with Gasteiger partial charge in [-0.2, -0.15) is 13.1 Å². The number of hydrogen-bond donors (Lipinski definition) is 1. The summed E-state index contributed by atoms with van der Waals surface area (Å²) in [6.07, 6.45) is 3.46. The third-order valence-electron chi connectivity index (χ3n) is 5.74. The van der Waals surface area contributed by atoms with Gasteiger partial charge >= 0.3 is 10.3 Å². The van der Waals surface area contributed by atoms with Gasteiger partial charge in [0.05, 0.1) is 30.3 Å². The Morgan fingerprint density at radius 3 is 2.60 bits per heavy atom. The summed E-state index contributed by atoms with van der Waals surface area (Å²) in [7, 11) is -0.851. The minimum atomic E-state index is -3.78.